The van der Waals surface area contributed by atoms with Crippen LogP contribution in [0.3, 0.4) is 0 Å². The van der Waals surface area contributed by atoms with Gasteiger partial charge in [0.1, 0.15) is 10.8 Å². The third-order valence-corrected chi connectivity index (χ3v) is 3.86. The Kier molecular flexibility index (Phi) is 4.02. The highest BCUT2D eigenvalue weighted by Gasteiger charge is 2.04. The molecule has 0 aliphatic heterocycles. The third kappa shape index (κ3) is 3.07. The Morgan fingerprint density at radius 3 is 2.88 bits per heavy atom. The second kappa shape index (κ2) is 5.31. The second-order valence-electron chi connectivity index (χ2n) is 2.89. The molecule has 16 heavy (non-hydrogen) atoms. The van der Waals surface area contributed by atoms with Gasteiger partial charge in [-0.25, -0.2) is 4.98 Å². The van der Waals surface area contributed by atoms with Crippen LogP contribution in [0.25, 0.3) is 0 Å². The van der Waals surface area contributed by atoms with Crippen LogP contribution in [0.2, 0.25) is 10.3 Å². The Bertz CT molecular complexity index is 503. The van der Waals surface area contributed by atoms with E-state index >= 15 is 0 Å². The maximum Gasteiger partial charge on any atom is 0.224 e. The van der Waals surface area contributed by atoms with Crippen LogP contribution in [0.4, 0.5) is 5.82 Å². The molecule has 0 bridgehead atoms. The van der Waals surface area contributed by atoms with E-state index in [1.54, 1.807) is 11.3 Å². The van der Waals surface area contributed by atoms with Crippen LogP contribution in [0, 0.1) is 0 Å². The van der Waals surface area contributed by atoms with E-state index in [2.05, 4.69) is 31.2 Å². The summed E-state index contributed by atoms with van der Waals surface area (Å²) < 4.78 is 1.09. The number of halogens is 3. The quantitative estimate of drug-likeness (QED) is 0.851. The van der Waals surface area contributed by atoms with E-state index in [0.29, 0.717) is 17.4 Å². The van der Waals surface area contributed by atoms with Crippen molar-refractivity contribution in [1.82, 2.24) is 9.97 Å². The first kappa shape index (κ1) is 12.1. The van der Waals surface area contributed by atoms with Crippen LogP contribution in [-0.2, 0) is 6.54 Å². The fourth-order valence-corrected chi connectivity index (χ4v) is 2.80. The maximum absolute atomic E-state index is 5.92. The molecule has 0 spiro atoms. The van der Waals surface area contributed by atoms with E-state index in [9.17, 15) is 0 Å². The SMILES string of the molecule is Clc1ncc(Cl)c(NCc2ccc(Br)s2)n1. The summed E-state index contributed by atoms with van der Waals surface area (Å²) >= 11 is 16.6. The predicted octanol–water partition coefficient (Wildman–Crippen LogP) is 4.22. The number of thiophene rings is 1. The van der Waals surface area contributed by atoms with Gasteiger partial charge in [-0.1, -0.05) is 11.6 Å². The lowest BCUT2D eigenvalue weighted by atomic mass is 10.4. The predicted molar refractivity (Wildman–Crippen MR) is 71.4 cm³/mol. The van der Waals surface area contributed by atoms with Gasteiger partial charge in [-0.15, -0.1) is 11.3 Å². The lowest BCUT2D eigenvalue weighted by molar-refractivity contribution is 1.10. The molecular formula is C9H6BrCl2N3S. The van der Waals surface area contributed by atoms with Crippen LogP contribution in [0.5, 0.6) is 0 Å². The molecule has 84 valence electrons. The van der Waals surface area contributed by atoms with E-state index < -0.39 is 0 Å². The van der Waals surface area contributed by atoms with Crippen LogP contribution in [-0.4, -0.2) is 9.97 Å². The molecule has 0 radical (unpaired) electrons. The van der Waals surface area contributed by atoms with Gasteiger partial charge in [0.2, 0.25) is 5.28 Å². The molecule has 2 aromatic rings. The summed E-state index contributed by atoms with van der Waals surface area (Å²) in [4.78, 5) is 8.95. The minimum atomic E-state index is 0.180. The molecule has 0 atom stereocenters. The highest BCUT2D eigenvalue weighted by Crippen LogP contribution is 2.24. The Morgan fingerprint density at radius 1 is 1.38 bits per heavy atom. The van der Waals surface area contributed by atoms with Gasteiger partial charge in [0, 0.05) is 4.88 Å². The average molecular weight is 339 g/mol. The molecule has 0 saturated carbocycles. The van der Waals surface area contributed by atoms with Gasteiger partial charge in [0.25, 0.3) is 0 Å². The van der Waals surface area contributed by atoms with E-state index in [0.717, 1.165) is 3.79 Å². The highest BCUT2D eigenvalue weighted by atomic mass is 79.9. The molecule has 0 aliphatic rings. The van der Waals surface area contributed by atoms with E-state index in [4.69, 9.17) is 23.2 Å². The number of nitrogens with one attached hydrogen (secondary N) is 1. The topological polar surface area (TPSA) is 37.8 Å². The van der Waals surface area contributed by atoms with Crippen molar-refractivity contribution in [2.75, 3.05) is 5.32 Å². The molecule has 0 aromatic carbocycles. The van der Waals surface area contributed by atoms with Crippen molar-refractivity contribution in [1.29, 1.82) is 0 Å². The highest BCUT2D eigenvalue weighted by molar-refractivity contribution is 9.11. The third-order valence-electron chi connectivity index (χ3n) is 1.77. The molecule has 0 fully saturated rings. The Hall–Kier alpha value is -0.360. The minimum absolute atomic E-state index is 0.180. The van der Waals surface area contributed by atoms with Gasteiger partial charge in [-0.05, 0) is 39.7 Å². The zero-order valence-electron chi connectivity index (χ0n) is 7.88. The average Bonchev–Trinajstić information content (AvgIpc) is 2.66. The lowest BCUT2D eigenvalue weighted by Gasteiger charge is -2.05. The molecule has 0 saturated heterocycles. The summed E-state index contributed by atoms with van der Waals surface area (Å²) in [5, 5.41) is 3.74. The van der Waals surface area contributed by atoms with Crippen molar-refractivity contribution in [3.8, 4) is 0 Å². The van der Waals surface area contributed by atoms with Crippen molar-refractivity contribution in [2.45, 2.75) is 6.54 Å². The largest absolute Gasteiger partial charge is 0.364 e. The monoisotopic (exact) mass is 337 g/mol. The number of hydrogen-bond acceptors (Lipinski definition) is 4. The maximum atomic E-state index is 5.92. The number of nitrogens with zero attached hydrogens (tertiary/aromatic N) is 2. The summed E-state index contributed by atoms with van der Waals surface area (Å²) in [6, 6.07) is 4.02. The molecule has 2 aromatic heterocycles. The number of anilines is 1. The Labute approximate surface area is 115 Å². The van der Waals surface area contributed by atoms with E-state index in [1.807, 2.05) is 12.1 Å². The molecule has 0 aliphatic carbocycles. The van der Waals surface area contributed by atoms with Crippen molar-refractivity contribution in [3.63, 3.8) is 0 Å². The standard InChI is InChI=1S/C9H6BrCl2N3S/c10-7-2-1-5(16-7)3-13-8-6(11)4-14-9(12)15-8/h1-2,4H,3H2,(H,13,14,15). The summed E-state index contributed by atoms with van der Waals surface area (Å²) in [5.74, 6) is 0.547. The molecule has 1 N–H and O–H groups in total. The van der Waals surface area contributed by atoms with Crippen LogP contribution < -0.4 is 5.32 Å². The van der Waals surface area contributed by atoms with E-state index in [1.165, 1.54) is 11.1 Å². The Morgan fingerprint density at radius 2 is 2.19 bits per heavy atom. The molecular weight excluding hydrogens is 333 g/mol. The van der Waals surface area contributed by atoms with Crippen molar-refractivity contribution < 1.29 is 0 Å². The molecule has 0 amide bonds. The Balaban J connectivity index is 2.07. The zero-order chi connectivity index (χ0) is 11.5. The number of aromatic nitrogens is 2. The second-order valence-corrected chi connectivity index (χ2v) is 6.19. The first-order chi connectivity index (χ1) is 7.65. The number of hydrogen-bond donors (Lipinski definition) is 1. The zero-order valence-corrected chi connectivity index (χ0v) is 11.8. The summed E-state index contributed by atoms with van der Waals surface area (Å²) in [5.41, 5.74) is 0. The summed E-state index contributed by atoms with van der Waals surface area (Å²) in [6.07, 6.45) is 1.48. The molecule has 7 heteroatoms. The van der Waals surface area contributed by atoms with E-state index in [-0.39, 0.29) is 5.28 Å². The van der Waals surface area contributed by atoms with Gasteiger partial charge < -0.3 is 5.32 Å². The first-order valence-electron chi connectivity index (χ1n) is 4.31. The van der Waals surface area contributed by atoms with Gasteiger partial charge in [0.15, 0.2) is 0 Å². The van der Waals surface area contributed by atoms with Crippen LogP contribution in [0.1, 0.15) is 4.88 Å². The first-order valence-corrected chi connectivity index (χ1v) is 6.68. The lowest BCUT2D eigenvalue weighted by Crippen LogP contribution is -2.01. The molecule has 2 heterocycles. The molecule has 3 nitrogen and oxygen atoms in total. The van der Waals surface area contributed by atoms with Crippen molar-refractivity contribution >= 4 is 56.3 Å². The fourth-order valence-electron chi connectivity index (χ4n) is 1.09. The normalized spacial score (nSPS) is 10.4. The number of rotatable bonds is 3. The van der Waals surface area contributed by atoms with Gasteiger partial charge in [-0.3, -0.25) is 0 Å². The van der Waals surface area contributed by atoms with Crippen LogP contribution >= 0.6 is 50.5 Å². The van der Waals surface area contributed by atoms with Crippen LogP contribution in [0.15, 0.2) is 22.1 Å². The minimum Gasteiger partial charge on any atom is -0.364 e. The van der Waals surface area contributed by atoms with Crippen molar-refractivity contribution in [2.24, 2.45) is 0 Å². The fraction of sp³-hybridized carbons (Fsp3) is 0.111. The van der Waals surface area contributed by atoms with Gasteiger partial charge in [0.05, 0.1) is 16.5 Å². The molecule has 2 rings (SSSR count). The van der Waals surface area contributed by atoms with Gasteiger partial charge >= 0.3 is 0 Å². The van der Waals surface area contributed by atoms with Gasteiger partial charge in [-0.2, -0.15) is 4.98 Å². The van der Waals surface area contributed by atoms with Crippen molar-refractivity contribution in [3.05, 3.63) is 37.3 Å². The summed E-state index contributed by atoms with van der Waals surface area (Å²) in [7, 11) is 0. The smallest absolute Gasteiger partial charge is 0.224 e. The summed E-state index contributed by atoms with van der Waals surface area (Å²) in [6.45, 7) is 0.656. The molecule has 0 unspecified atom stereocenters.